The van der Waals surface area contributed by atoms with Crippen molar-refractivity contribution in [1.82, 2.24) is 0 Å². The number of anilines is 1. The van der Waals surface area contributed by atoms with Gasteiger partial charge in [-0.1, -0.05) is 18.9 Å². The van der Waals surface area contributed by atoms with E-state index in [9.17, 15) is 9.90 Å². The topological polar surface area (TPSA) is 72.6 Å². The van der Waals surface area contributed by atoms with Crippen molar-refractivity contribution in [2.24, 2.45) is 5.92 Å². The van der Waals surface area contributed by atoms with Gasteiger partial charge in [0.2, 0.25) is 0 Å². The molecular weight excluding hydrogens is 254 g/mol. The summed E-state index contributed by atoms with van der Waals surface area (Å²) in [4.78, 5) is 11.7. The summed E-state index contributed by atoms with van der Waals surface area (Å²) in [5, 5.41) is 9.63. The Hall–Kier alpha value is -1.71. The zero-order valence-electron chi connectivity index (χ0n) is 11.6. The van der Waals surface area contributed by atoms with E-state index in [-0.39, 0.29) is 0 Å². The lowest BCUT2D eigenvalue weighted by Crippen LogP contribution is -2.32. The number of nitrogen functional groups attached to an aromatic ring is 1. The molecule has 4 heteroatoms. The predicted molar refractivity (Wildman–Crippen MR) is 76.9 cm³/mol. The fraction of sp³-hybridized carbons (Fsp3) is 0.562. The molecule has 0 aromatic heterocycles. The molecule has 2 saturated carbocycles. The lowest BCUT2D eigenvalue weighted by molar-refractivity contribution is -0.143. The average molecular weight is 275 g/mol. The Labute approximate surface area is 118 Å². The first-order valence-electron chi connectivity index (χ1n) is 7.38. The number of rotatable bonds is 5. The second kappa shape index (κ2) is 5.00. The largest absolute Gasteiger partial charge is 0.491 e. The highest BCUT2D eigenvalue weighted by molar-refractivity contribution is 5.82. The van der Waals surface area contributed by atoms with Crippen LogP contribution in [0.3, 0.4) is 0 Å². The Balaban J connectivity index is 1.88. The van der Waals surface area contributed by atoms with Gasteiger partial charge in [-0.05, 0) is 49.3 Å². The number of ether oxygens (including phenoxy) is 1. The predicted octanol–water partition coefficient (Wildman–Crippen LogP) is 2.95. The van der Waals surface area contributed by atoms with E-state index in [4.69, 9.17) is 10.5 Å². The van der Waals surface area contributed by atoms with Gasteiger partial charge >= 0.3 is 5.97 Å². The Morgan fingerprint density at radius 3 is 2.65 bits per heavy atom. The maximum Gasteiger partial charge on any atom is 0.314 e. The molecule has 0 amide bonds. The number of hydrogen-bond donors (Lipinski definition) is 2. The zero-order valence-corrected chi connectivity index (χ0v) is 11.6. The number of benzene rings is 1. The Kier molecular flexibility index (Phi) is 3.32. The molecule has 1 aromatic carbocycles. The van der Waals surface area contributed by atoms with Crippen molar-refractivity contribution in [2.75, 3.05) is 12.3 Å². The van der Waals surface area contributed by atoms with Crippen molar-refractivity contribution in [2.45, 2.75) is 43.9 Å². The molecular formula is C16H21NO3. The van der Waals surface area contributed by atoms with Crippen LogP contribution in [0.15, 0.2) is 18.2 Å². The SMILES string of the molecule is Nc1ccc(C2(C(=O)O)CCCC2)cc1OCC1CC1. The van der Waals surface area contributed by atoms with Crippen molar-refractivity contribution in [1.29, 1.82) is 0 Å². The van der Waals surface area contributed by atoms with Crippen molar-refractivity contribution in [3.8, 4) is 5.75 Å². The van der Waals surface area contributed by atoms with E-state index in [1.807, 2.05) is 12.1 Å². The van der Waals surface area contributed by atoms with Gasteiger partial charge in [-0.3, -0.25) is 4.79 Å². The molecule has 108 valence electrons. The molecule has 2 aliphatic carbocycles. The summed E-state index contributed by atoms with van der Waals surface area (Å²) in [5.41, 5.74) is 6.62. The van der Waals surface area contributed by atoms with E-state index in [1.165, 1.54) is 12.8 Å². The number of carbonyl (C=O) groups is 1. The maximum absolute atomic E-state index is 11.7. The van der Waals surface area contributed by atoms with Crippen LogP contribution >= 0.6 is 0 Å². The Bertz CT molecular complexity index is 516. The van der Waals surface area contributed by atoms with Crippen LogP contribution in [0.2, 0.25) is 0 Å². The van der Waals surface area contributed by atoms with E-state index in [0.29, 0.717) is 36.8 Å². The summed E-state index contributed by atoms with van der Waals surface area (Å²) in [6.07, 6.45) is 5.78. The Morgan fingerprint density at radius 1 is 1.35 bits per heavy atom. The number of carboxylic acids is 1. The molecule has 2 aliphatic rings. The molecule has 4 nitrogen and oxygen atoms in total. The van der Waals surface area contributed by atoms with Crippen LogP contribution < -0.4 is 10.5 Å². The van der Waals surface area contributed by atoms with Gasteiger partial charge in [0.25, 0.3) is 0 Å². The van der Waals surface area contributed by atoms with Gasteiger partial charge in [-0.2, -0.15) is 0 Å². The minimum absolute atomic E-state index is 0.591. The molecule has 2 fully saturated rings. The van der Waals surface area contributed by atoms with Crippen LogP contribution in [-0.4, -0.2) is 17.7 Å². The molecule has 0 spiro atoms. The summed E-state index contributed by atoms with van der Waals surface area (Å²) < 4.78 is 5.77. The third kappa shape index (κ3) is 2.35. The van der Waals surface area contributed by atoms with Gasteiger partial charge in [0.15, 0.2) is 0 Å². The smallest absolute Gasteiger partial charge is 0.314 e. The van der Waals surface area contributed by atoms with Crippen LogP contribution in [0.5, 0.6) is 5.75 Å². The highest BCUT2D eigenvalue weighted by Crippen LogP contribution is 2.43. The van der Waals surface area contributed by atoms with Gasteiger partial charge in [-0.15, -0.1) is 0 Å². The average Bonchev–Trinajstić information content (AvgIpc) is 3.12. The van der Waals surface area contributed by atoms with E-state index in [2.05, 4.69) is 0 Å². The number of nitrogens with two attached hydrogens (primary N) is 1. The molecule has 0 saturated heterocycles. The van der Waals surface area contributed by atoms with Gasteiger partial charge in [-0.25, -0.2) is 0 Å². The third-order valence-corrected chi connectivity index (χ3v) is 4.60. The molecule has 0 radical (unpaired) electrons. The minimum Gasteiger partial charge on any atom is -0.491 e. The molecule has 0 atom stereocenters. The van der Waals surface area contributed by atoms with Crippen molar-refractivity contribution < 1.29 is 14.6 Å². The molecule has 20 heavy (non-hydrogen) atoms. The first kappa shape index (κ1) is 13.3. The quantitative estimate of drug-likeness (QED) is 0.810. The van der Waals surface area contributed by atoms with Crippen molar-refractivity contribution >= 4 is 11.7 Å². The second-order valence-corrected chi connectivity index (χ2v) is 6.10. The zero-order chi connectivity index (χ0) is 14.2. The van der Waals surface area contributed by atoms with Crippen LogP contribution in [0.25, 0.3) is 0 Å². The number of carboxylic acid groups (broad SMARTS) is 1. The molecule has 3 rings (SSSR count). The van der Waals surface area contributed by atoms with Crippen LogP contribution in [-0.2, 0) is 10.2 Å². The monoisotopic (exact) mass is 275 g/mol. The van der Waals surface area contributed by atoms with Crippen LogP contribution in [0, 0.1) is 5.92 Å². The molecule has 1 aromatic rings. The van der Waals surface area contributed by atoms with E-state index < -0.39 is 11.4 Å². The third-order valence-electron chi connectivity index (χ3n) is 4.60. The molecule has 3 N–H and O–H groups in total. The lowest BCUT2D eigenvalue weighted by atomic mass is 9.79. The van der Waals surface area contributed by atoms with Crippen LogP contribution in [0.4, 0.5) is 5.69 Å². The highest BCUT2D eigenvalue weighted by Gasteiger charge is 2.43. The molecule has 0 bridgehead atoms. The summed E-state index contributed by atoms with van der Waals surface area (Å²) >= 11 is 0. The minimum atomic E-state index is -0.745. The summed E-state index contributed by atoms with van der Waals surface area (Å²) in [7, 11) is 0. The summed E-state index contributed by atoms with van der Waals surface area (Å²) in [6.45, 7) is 0.688. The lowest BCUT2D eigenvalue weighted by Gasteiger charge is -2.25. The molecule has 0 unspecified atom stereocenters. The fourth-order valence-corrected chi connectivity index (χ4v) is 3.05. The van der Waals surface area contributed by atoms with E-state index in [0.717, 1.165) is 18.4 Å². The van der Waals surface area contributed by atoms with Crippen molar-refractivity contribution in [3.63, 3.8) is 0 Å². The van der Waals surface area contributed by atoms with Crippen molar-refractivity contribution in [3.05, 3.63) is 23.8 Å². The van der Waals surface area contributed by atoms with Gasteiger partial charge in [0.1, 0.15) is 5.75 Å². The first-order chi connectivity index (χ1) is 9.62. The van der Waals surface area contributed by atoms with E-state index >= 15 is 0 Å². The van der Waals surface area contributed by atoms with Gasteiger partial charge < -0.3 is 15.6 Å². The summed E-state index contributed by atoms with van der Waals surface area (Å²) in [5.74, 6) is 0.563. The molecule has 0 heterocycles. The maximum atomic E-state index is 11.7. The number of aliphatic carboxylic acids is 1. The van der Waals surface area contributed by atoms with Gasteiger partial charge in [0, 0.05) is 0 Å². The fourth-order valence-electron chi connectivity index (χ4n) is 3.05. The second-order valence-electron chi connectivity index (χ2n) is 6.10. The van der Waals surface area contributed by atoms with Gasteiger partial charge in [0.05, 0.1) is 17.7 Å². The standard InChI is InChI=1S/C16H21NO3/c17-13-6-5-12(9-14(13)20-10-11-3-4-11)16(15(18)19)7-1-2-8-16/h5-6,9,11H,1-4,7-8,10,17H2,(H,18,19). The normalized spacial score (nSPS) is 20.8. The summed E-state index contributed by atoms with van der Waals surface area (Å²) in [6, 6.07) is 5.47. The molecule has 0 aliphatic heterocycles. The highest BCUT2D eigenvalue weighted by atomic mass is 16.5. The Morgan fingerprint density at radius 2 is 2.05 bits per heavy atom. The first-order valence-corrected chi connectivity index (χ1v) is 7.38. The number of hydrogen-bond acceptors (Lipinski definition) is 3. The van der Waals surface area contributed by atoms with E-state index in [1.54, 1.807) is 6.07 Å². The van der Waals surface area contributed by atoms with Crippen LogP contribution in [0.1, 0.15) is 44.1 Å².